The van der Waals surface area contributed by atoms with Crippen LogP contribution in [0.2, 0.25) is 0 Å². The number of likely N-dealkylation sites (N-methyl/N-ethyl adjacent to an activating group) is 1. The van der Waals surface area contributed by atoms with Crippen LogP contribution in [0, 0.1) is 5.92 Å². The number of nitrogens with zero attached hydrogens (tertiary/aromatic N) is 6. The van der Waals surface area contributed by atoms with Gasteiger partial charge < -0.3 is 19.0 Å². The number of aromatic nitrogens is 4. The number of likely N-dealkylation sites (tertiary alicyclic amines) is 1. The zero-order valence-electron chi connectivity index (χ0n) is 27.2. The summed E-state index contributed by atoms with van der Waals surface area (Å²) in [5, 5.41) is 13.1. The maximum absolute atomic E-state index is 12.7. The molecule has 2 aliphatic rings. The van der Waals surface area contributed by atoms with Crippen LogP contribution in [0.25, 0.3) is 22.6 Å². The van der Waals surface area contributed by atoms with Crippen molar-refractivity contribution >= 4 is 12.2 Å². The van der Waals surface area contributed by atoms with Gasteiger partial charge in [0.15, 0.2) is 0 Å². The summed E-state index contributed by atoms with van der Waals surface area (Å²) in [7, 11) is 2.09. The summed E-state index contributed by atoms with van der Waals surface area (Å²) in [5.41, 5.74) is 4.29. The van der Waals surface area contributed by atoms with Gasteiger partial charge in [-0.05, 0) is 81.1 Å². The van der Waals surface area contributed by atoms with Gasteiger partial charge in [0.2, 0.25) is 17.6 Å². The Labute approximate surface area is 270 Å². The van der Waals surface area contributed by atoms with Crippen molar-refractivity contribution in [3.63, 3.8) is 0 Å². The number of hydrogen-bond donors (Lipinski definition) is 0. The lowest BCUT2D eigenvalue weighted by Gasteiger charge is -2.29. The number of carbonyl (C=O) groups excluding carboxylic acids is 2. The quantitative estimate of drug-likeness (QED) is 0.152. The molecule has 1 saturated heterocycles. The molecule has 1 aliphatic heterocycles. The normalized spacial score (nSPS) is 17.9. The molecule has 0 spiro atoms. The van der Waals surface area contributed by atoms with Gasteiger partial charge in [0, 0.05) is 54.7 Å². The second-order valence-corrected chi connectivity index (χ2v) is 13.1. The van der Waals surface area contributed by atoms with E-state index < -0.39 is 0 Å². The lowest BCUT2D eigenvalue weighted by Crippen LogP contribution is -2.36. The van der Waals surface area contributed by atoms with Crippen LogP contribution in [0.3, 0.4) is 0 Å². The van der Waals surface area contributed by atoms with Gasteiger partial charge >= 0.3 is 0 Å². The third kappa shape index (κ3) is 7.02. The van der Waals surface area contributed by atoms with E-state index in [0.717, 1.165) is 34.4 Å². The first-order chi connectivity index (χ1) is 22.2. The summed E-state index contributed by atoms with van der Waals surface area (Å²) in [6.45, 7) is 9.54. The second kappa shape index (κ2) is 13.5. The lowest BCUT2D eigenvalue weighted by atomic mass is 9.96. The Balaban J connectivity index is 1.27. The summed E-state index contributed by atoms with van der Waals surface area (Å²) in [4.78, 5) is 33.2. The molecule has 6 rings (SSSR count). The van der Waals surface area contributed by atoms with E-state index in [9.17, 15) is 9.59 Å². The first kappa shape index (κ1) is 31.5. The van der Waals surface area contributed by atoms with Crippen LogP contribution in [-0.4, -0.2) is 68.0 Å². The van der Waals surface area contributed by atoms with Crippen molar-refractivity contribution in [2.24, 2.45) is 5.92 Å². The minimum absolute atomic E-state index is 0.0785. The fourth-order valence-electron chi connectivity index (χ4n) is 6.08. The largest absolute Gasteiger partial charge is 0.457 e. The molecule has 240 valence electrons. The van der Waals surface area contributed by atoms with Crippen LogP contribution in [-0.2, 0) is 16.1 Å². The Bertz CT molecular complexity index is 1660. The predicted octanol–water partition coefficient (Wildman–Crippen LogP) is 6.63. The third-order valence-corrected chi connectivity index (χ3v) is 9.21. The first-order valence-corrected chi connectivity index (χ1v) is 16.2. The molecule has 10 nitrogen and oxygen atoms in total. The highest BCUT2D eigenvalue weighted by molar-refractivity contribution is 5.78. The van der Waals surface area contributed by atoms with Gasteiger partial charge in [-0.3, -0.25) is 9.69 Å². The van der Waals surface area contributed by atoms with Crippen molar-refractivity contribution in [1.82, 2.24) is 30.1 Å². The average Bonchev–Trinajstić information content (AvgIpc) is 3.70. The van der Waals surface area contributed by atoms with Gasteiger partial charge in [-0.1, -0.05) is 38.1 Å². The van der Waals surface area contributed by atoms with Crippen LogP contribution in [0.1, 0.15) is 82.4 Å². The highest BCUT2D eigenvalue weighted by Gasteiger charge is 2.35. The fraction of sp³-hybridized carbons (Fsp3) is 0.444. The van der Waals surface area contributed by atoms with E-state index in [-0.39, 0.29) is 17.9 Å². The molecule has 4 aromatic rings. The molecule has 2 unspecified atom stereocenters. The van der Waals surface area contributed by atoms with Gasteiger partial charge in [0.05, 0.1) is 17.3 Å². The van der Waals surface area contributed by atoms with E-state index in [0.29, 0.717) is 67.0 Å². The molecule has 2 aromatic heterocycles. The van der Waals surface area contributed by atoms with Crippen molar-refractivity contribution in [1.29, 1.82) is 0 Å². The van der Waals surface area contributed by atoms with E-state index in [4.69, 9.17) is 14.2 Å². The zero-order chi connectivity index (χ0) is 32.4. The minimum Gasteiger partial charge on any atom is -0.457 e. The van der Waals surface area contributed by atoms with E-state index in [1.807, 2.05) is 59.5 Å². The summed E-state index contributed by atoms with van der Waals surface area (Å²) in [5.74, 6) is 2.70. The van der Waals surface area contributed by atoms with Crippen LogP contribution in [0.4, 0.5) is 0 Å². The molecule has 3 atom stereocenters. The van der Waals surface area contributed by atoms with Crippen molar-refractivity contribution < 1.29 is 18.8 Å². The predicted molar refractivity (Wildman–Crippen MR) is 174 cm³/mol. The Morgan fingerprint density at radius 2 is 1.80 bits per heavy atom. The molecular formula is C36H42N6O4. The van der Waals surface area contributed by atoms with Gasteiger partial charge in [-0.25, -0.2) is 0 Å². The van der Waals surface area contributed by atoms with Crippen LogP contribution >= 0.6 is 0 Å². The number of aldehydes is 1. The average molecular weight is 623 g/mol. The molecule has 1 saturated carbocycles. The SMILES string of the molecule is CC(C)c1ccc(-c2ccc(Oc3cc(-c4noc(C(CC=O)C(C)N(C)C5CC5)n4)ccc3CN3C[C@@H](C)CC3=O)cc2)nn1. The minimum atomic E-state index is -0.202. The molecule has 0 N–H and O–H groups in total. The van der Waals surface area contributed by atoms with Gasteiger partial charge in [-0.15, -0.1) is 0 Å². The van der Waals surface area contributed by atoms with Crippen molar-refractivity contribution in [2.45, 2.75) is 83.8 Å². The Kier molecular flexibility index (Phi) is 9.26. The number of amides is 1. The van der Waals surface area contributed by atoms with Gasteiger partial charge in [0.1, 0.15) is 17.8 Å². The molecule has 10 heteroatoms. The molecular weight excluding hydrogens is 580 g/mol. The highest BCUT2D eigenvalue weighted by Crippen LogP contribution is 2.36. The smallest absolute Gasteiger partial charge is 0.232 e. The number of carbonyl (C=O) groups is 2. The molecule has 2 fully saturated rings. The van der Waals surface area contributed by atoms with Crippen molar-refractivity contribution in [2.75, 3.05) is 13.6 Å². The molecule has 1 aliphatic carbocycles. The van der Waals surface area contributed by atoms with Crippen molar-refractivity contribution in [3.05, 3.63) is 71.7 Å². The number of benzene rings is 2. The molecule has 0 radical (unpaired) electrons. The Hall–Kier alpha value is -4.44. The summed E-state index contributed by atoms with van der Waals surface area (Å²) in [6, 6.07) is 18.1. The third-order valence-electron chi connectivity index (χ3n) is 9.21. The number of ether oxygens (including phenoxy) is 1. The number of rotatable bonds is 13. The Morgan fingerprint density at radius 1 is 1.04 bits per heavy atom. The molecule has 1 amide bonds. The van der Waals surface area contributed by atoms with Crippen LogP contribution in [0.5, 0.6) is 11.5 Å². The van der Waals surface area contributed by atoms with Crippen LogP contribution < -0.4 is 4.74 Å². The standard InChI is InChI=1S/C36H42N6O4/c1-22(2)31-14-15-32(39-38-31)25-8-12-29(13-9-25)45-33-19-26(6-7-27(33)21-42-20-23(3)18-34(42)44)35-37-36(46-40-35)30(16-17-43)24(4)41(5)28-10-11-28/h6-9,12-15,17,19,22-24,28,30H,10-11,16,18,20-21H2,1-5H3/t23-,24?,30?/m0/s1. The summed E-state index contributed by atoms with van der Waals surface area (Å²) >= 11 is 0. The van der Waals surface area contributed by atoms with Crippen LogP contribution in [0.15, 0.2) is 59.1 Å². The summed E-state index contributed by atoms with van der Waals surface area (Å²) in [6.07, 6.45) is 4.12. The second-order valence-electron chi connectivity index (χ2n) is 13.1. The van der Waals surface area contributed by atoms with Gasteiger partial charge in [0.25, 0.3) is 0 Å². The van der Waals surface area contributed by atoms with E-state index in [2.05, 4.69) is 55.0 Å². The molecule has 46 heavy (non-hydrogen) atoms. The monoisotopic (exact) mass is 622 g/mol. The van der Waals surface area contributed by atoms with E-state index in [1.54, 1.807) is 0 Å². The maximum Gasteiger partial charge on any atom is 0.232 e. The fourth-order valence-corrected chi connectivity index (χ4v) is 6.08. The zero-order valence-corrected chi connectivity index (χ0v) is 27.2. The van der Waals surface area contributed by atoms with Crippen molar-refractivity contribution in [3.8, 4) is 34.1 Å². The number of hydrogen-bond acceptors (Lipinski definition) is 9. The van der Waals surface area contributed by atoms with E-state index in [1.165, 1.54) is 12.8 Å². The Morgan fingerprint density at radius 3 is 2.43 bits per heavy atom. The summed E-state index contributed by atoms with van der Waals surface area (Å²) < 4.78 is 12.2. The highest BCUT2D eigenvalue weighted by atomic mass is 16.5. The molecule has 3 heterocycles. The van der Waals surface area contributed by atoms with E-state index >= 15 is 0 Å². The maximum atomic E-state index is 12.7. The molecule has 0 bridgehead atoms. The van der Waals surface area contributed by atoms with Gasteiger partial charge in [-0.2, -0.15) is 15.2 Å². The topological polar surface area (TPSA) is 115 Å². The molecule has 2 aromatic carbocycles. The first-order valence-electron chi connectivity index (χ1n) is 16.2. The lowest BCUT2D eigenvalue weighted by molar-refractivity contribution is -0.128.